The Balaban J connectivity index is 2.08. The van der Waals surface area contributed by atoms with E-state index in [2.05, 4.69) is 10.5 Å². The van der Waals surface area contributed by atoms with Crippen molar-refractivity contribution >= 4 is 12.1 Å². The summed E-state index contributed by atoms with van der Waals surface area (Å²) in [5, 5.41) is 3.93. The fourth-order valence-corrected chi connectivity index (χ4v) is 2.16. The van der Waals surface area contributed by atoms with Crippen molar-refractivity contribution in [2.75, 3.05) is 21.3 Å². The summed E-state index contributed by atoms with van der Waals surface area (Å²) in [5.41, 5.74) is 3.67. The molecule has 0 spiro atoms. The van der Waals surface area contributed by atoms with E-state index in [0.717, 1.165) is 0 Å². The quantitative estimate of drug-likeness (QED) is 0.618. The summed E-state index contributed by atoms with van der Waals surface area (Å²) in [6.07, 6.45) is 1.52. The number of ether oxygens (including phenoxy) is 3. The minimum atomic E-state index is -0.346. The minimum absolute atomic E-state index is 0.0918. The van der Waals surface area contributed by atoms with Gasteiger partial charge in [-0.05, 0) is 17.7 Å². The number of carbonyl (C=O) groups excluding carboxylic acids is 1. The van der Waals surface area contributed by atoms with Crippen molar-refractivity contribution in [3.05, 3.63) is 53.3 Å². The monoisotopic (exact) mass is 346 g/mol. The average molecular weight is 346 g/mol. The van der Waals surface area contributed by atoms with Crippen LogP contribution in [0.2, 0.25) is 0 Å². The van der Waals surface area contributed by atoms with Crippen molar-refractivity contribution in [1.82, 2.24) is 5.43 Å². The summed E-state index contributed by atoms with van der Waals surface area (Å²) < 4.78 is 28.6. The topological polar surface area (TPSA) is 69.2 Å². The summed E-state index contributed by atoms with van der Waals surface area (Å²) in [5.74, 6) is 0.891. The van der Waals surface area contributed by atoms with Gasteiger partial charge in [-0.15, -0.1) is 0 Å². The molecule has 0 bridgehead atoms. The number of nitrogens with zero attached hydrogens (tertiary/aromatic N) is 1. The van der Waals surface area contributed by atoms with Gasteiger partial charge in [0.1, 0.15) is 23.1 Å². The van der Waals surface area contributed by atoms with Gasteiger partial charge in [-0.1, -0.05) is 12.1 Å². The van der Waals surface area contributed by atoms with E-state index < -0.39 is 0 Å². The van der Waals surface area contributed by atoms with Crippen molar-refractivity contribution in [2.24, 2.45) is 5.10 Å². The molecule has 25 heavy (non-hydrogen) atoms. The Kier molecular flexibility index (Phi) is 6.33. The zero-order valence-corrected chi connectivity index (χ0v) is 14.2. The summed E-state index contributed by atoms with van der Waals surface area (Å²) in [6, 6.07) is 9.08. The first kappa shape index (κ1) is 18.3. The van der Waals surface area contributed by atoms with Crippen molar-refractivity contribution in [3.63, 3.8) is 0 Å². The molecular formula is C18H19FN2O4. The lowest BCUT2D eigenvalue weighted by Crippen LogP contribution is -2.19. The molecule has 6 nitrogen and oxygen atoms in total. The van der Waals surface area contributed by atoms with Crippen molar-refractivity contribution in [1.29, 1.82) is 0 Å². The Bertz CT molecular complexity index is 735. The number of nitrogens with one attached hydrogen (secondary N) is 1. The van der Waals surface area contributed by atoms with Gasteiger partial charge >= 0.3 is 0 Å². The highest BCUT2D eigenvalue weighted by Crippen LogP contribution is 2.32. The highest BCUT2D eigenvalue weighted by Gasteiger charge is 2.11. The number of carbonyl (C=O) groups is 1. The van der Waals surface area contributed by atoms with Gasteiger partial charge in [-0.3, -0.25) is 4.79 Å². The fraction of sp³-hybridized carbons (Fsp3) is 0.222. The standard InChI is InChI=1S/C18H19FN2O4/c1-23-14-9-16(24-2)15(17(10-14)25-3)11-20-21-18(22)8-12-4-6-13(19)7-5-12/h4-7,9-11H,8H2,1-3H3,(H,21,22)/b20-11+. The van der Waals surface area contributed by atoms with Crippen LogP contribution in [0.3, 0.4) is 0 Å². The lowest BCUT2D eigenvalue weighted by atomic mass is 10.1. The molecule has 0 atom stereocenters. The molecule has 1 amide bonds. The van der Waals surface area contributed by atoms with Gasteiger partial charge < -0.3 is 14.2 Å². The second kappa shape index (κ2) is 8.68. The van der Waals surface area contributed by atoms with Gasteiger partial charge in [0.2, 0.25) is 5.91 Å². The van der Waals surface area contributed by atoms with Crippen LogP contribution in [0.25, 0.3) is 0 Å². The maximum atomic E-state index is 12.9. The Morgan fingerprint density at radius 1 is 1.08 bits per heavy atom. The number of methoxy groups -OCH3 is 3. The second-order valence-electron chi connectivity index (χ2n) is 5.04. The predicted molar refractivity (Wildman–Crippen MR) is 91.9 cm³/mol. The van der Waals surface area contributed by atoms with Crippen LogP contribution in [0, 0.1) is 5.82 Å². The number of benzene rings is 2. The Morgan fingerprint density at radius 3 is 2.20 bits per heavy atom. The molecule has 0 saturated heterocycles. The first-order valence-electron chi connectivity index (χ1n) is 7.43. The van der Waals surface area contributed by atoms with Gasteiger partial charge in [0, 0.05) is 12.1 Å². The zero-order valence-electron chi connectivity index (χ0n) is 14.2. The van der Waals surface area contributed by atoms with Crippen LogP contribution in [0.15, 0.2) is 41.5 Å². The van der Waals surface area contributed by atoms with E-state index in [-0.39, 0.29) is 18.1 Å². The molecule has 0 saturated carbocycles. The van der Waals surface area contributed by atoms with Crippen LogP contribution in [-0.2, 0) is 11.2 Å². The summed E-state index contributed by atoms with van der Waals surface area (Å²) in [6.45, 7) is 0. The zero-order chi connectivity index (χ0) is 18.2. The molecule has 0 aliphatic heterocycles. The van der Waals surface area contributed by atoms with E-state index >= 15 is 0 Å². The summed E-state index contributed by atoms with van der Waals surface area (Å²) >= 11 is 0. The lowest BCUT2D eigenvalue weighted by molar-refractivity contribution is -0.120. The first-order valence-corrected chi connectivity index (χ1v) is 7.43. The molecule has 0 aliphatic carbocycles. The van der Waals surface area contributed by atoms with Crippen molar-refractivity contribution < 1.29 is 23.4 Å². The maximum absolute atomic E-state index is 12.9. The summed E-state index contributed by atoms with van der Waals surface area (Å²) in [7, 11) is 4.56. The molecule has 2 aromatic rings. The van der Waals surface area contributed by atoms with Gasteiger partial charge in [-0.2, -0.15) is 5.10 Å². The molecule has 2 rings (SSSR count). The van der Waals surface area contributed by atoms with E-state index in [9.17, 15) is 9.18 Å². The van der Waals surface area contributed by atoms with E-state index in [4.69, 9.17) is 14.2 Å². The van der Waals surface area contributed by atoms with Crippen LogP contribution >= 0.6 is 0 Å². The second-order valence-corrected chi connectivity index (χ2v) is 5.04. The Labute approximate surface area is 145 Å². The molecule has 0 aliphatic rings. The van der Waals surface area contributed by atoms with Crippen LogP contribution in [-0.4, -0.2) is 33.5 Å². The van der Waals surface area contributed by atoms with E-state index in [0.29, 0.717) is 28.4 Å². The molecule has 7 heteroatoms. The third-order valence-electron chi connectivity index (χ3n) is 3.41. The number of hydrazone groups is 1. The van der Waals surface area contributed by atoms with E-state index in [1.807, 2.05) is 0 Å². The summed E-state index contributed by atoms with van der Waals surface area (Å²) in [4.78, 5) is 11.9. The van der Waals surface area contributed by atoms with Gasteiger partial charge in [0.05, 0.1) is 39.5 Å². The van der Waals surface area contributed by atoms with Crippen LogP contribution in [0.4, 0.5) is 4.39 Å². The molecule has 2 aromatic carbocycles. The highest BCUT2D eigenvalue weighted by molar-refractivity contribution is 5.89. The highest BCUT2D eigenvalue weighted by atomic mass is 19.1. The van der Waals surface area contributed by atoms with Crippen molar-refractivity contribution in [3.8, 4) is 17.2 Å². The normalized spacial score (nSPS) is 10.6. The molecule has 0 radical (unpaired) electrons. The molecule has 132 valence electrons. The number of amides is 1. The van der Waals surface area contributed by atoms with Crippen LogP contribution in [0.5, 0.6) is 17.2 Å². The average Bonchev–Trinajstić information content (AvgIpc) is 2.63. The minimum Gasteiger partial charge on any atom is -0.496 e. The molecular weight excluding hydrogens is 327 g/mol. The van der Waals surface area contributed by atoms with E-state index in [1.165, 1.54) is 39.7 Å². The van der Waals surface area contributed by atoms with Gasteiger partial charge in [-0.25, -0.2) is 9.82 Å². The van der Waals surface area contributed by atoms with Crippen molar-refractivity contribution in [2.45, 2.75) is 6.42 Å². The predicted octanol–water partition coefficient (Wildman–Crippen LogP) is 2.54. The van der Waals surface area contributed by atoms with E-state index in [1.54, 1.807) is 24.3 Å². The number of halogens is 1. The van der Waals surface area contributed by atoms with Crippen LogP contribution < -0.4 is 19.6 Å². The number of rotatable bonds is 7. The first-order chi connectivity index (χ1) is 12.1. The maximum Gasteiger partial charge on any atom is 0.244 e. The van der Waals surface area contributed by atoms with Gasteiger partial charge in [0.25, 0.3) is 0 Å². The SMILES string of the molecule is COc1cc(OC)c(/C=N/NC(=O)Cc2ccc(F)cc2)c(OC)c1. The fourth-order valence-electron chi connectivity index (χ4n) is 2.16. The van der Waals surface area contributed by atoms with Crippen LogP contribution in [0.1, 0.15) is 11.1 Å². The third-order valence-corrected chi connectivity index (χ3v) is 3.41. The third kappa shape index (κ3) is 4.94. The Morgan fingerprint density at radius 2 is 1.68 bits per heavy atom. The molecule has 0 heterocycles. The molecule has 1 N–H and O–H groups in total. The number of hydrogen-bond acceptors (Lipinski definition) is 5. The lowest BCUT2D eigenvalue weighted by Gasteiger charge is -2.12. The smallest absolute Gasteiger partial charge is 0.244 e. The van der Waals surface area contributed by atoms with Gasteiger partial charge in [0.15, 0.2) is 0 Å². The number of hydrogen-bond donors (Lipinski definition) is 1. The molecule has 0 fully saturated rings. The molecule has 0 aromatic heterocycles. The molecule has 0 unspecified atom stereocenters. The Hall–Kier alpha value is -3.09. The largest absolute Gasteiger partial charge is 0.496 e.